The van der Waals surface area contributed by atoms with Crippen molar-refractivity contribution < 1.29 is 0 Å². The van der Waals surface area contributed by atoms with Gasteiger partial charge < -0.3 is 5.32 Å². The highest BCUT2D eigenvalue weighted by atomic mass is 14.9. The van der Waals surface area contributed by atoms with Crippen molar-refractivity contribution in [2.75, 3.05) is 0 Å². The van der Waals surface area contributed by atoms with Gasteiger partial charge in [-0.15, -0.1) is 0 Å². The maximum absolute atomic E-state index is 3.63. The van der Waals surface area contributed by atoms with Gasteiger partial charge in [0.2, 0.25) is 0 Å². The molecular weight excluding hydrogens is 230 g/mol. The molecule has 92 valence electrons. The SMILES string of the molecule is c1ccc2c(c1)CNC2c1cccc2ccccc12. The third-order valence-electron chi connectivity index (χ3n) is 4.00. The molecule has 1 nitrogen and oxygen atoms in total. The molecule has 1 atom stereocenters. The molecule has 0 spiro atoms. The van der Waals surface area contributed by atoms with Crippen molar-refractivity contribution in [3.63, 3.8) is 0 Å². The summed E-state index contributed by atoms with van der Waals surface area (Å²) in [7, 11) is 0. The van der Waals surface area contributed by atoms with E-state index in [-0.39, 0.29) is 0 Å². The van der Waals surface area contributed by atoms with E-state index in [1.807, 2.05) is 0 Å². The van der Waals surface area contributed by atoms with E-state index >= 15 is 0 Å². The molecule has 1 aliphatic rings. The molecule has 3 aromatic carbocycles. The molecule has 4 rings (SSSR count). The van der Waals surface area contributed by atoms with Gasteiger partial charge in [-0.25, -0.2) is 0 Å². The highest BCUT2D eigenvalue weighted by Gasteiger charge is 2.23. The Labute approximate surface area is 112 Å². The minimum Gasteiger partial charge on any atom is -0.302 e. The third-order valence-corrected chi connectivity index (χ3v) is 4.00. The Morgan fingerprint density at radius 3 is 2.47 bits per heavy atom. The molecule has 1 aliphatic heterocycles. The van der Waals surface area contributed by atoms with E-state index < -0.39 is 0 Å². The van der Waals surface area contributed by atoms with Gasteiger partial charge in [-0.05, 0) is 27.5 Å². The largest absolute Gasteiger partial charge is 0.302 e. The van der Waals surface area contributed by atoms with Gasteiger partial charge >= 0.3 is 0 Å². The van der Waals surface area contributed by atoms with Crippen LogP contribution in [0.15, 0.2) is 66.7 Å². The van der Waals surface area contributed by atoms with Gasteiger partial charge in [-0.2, -0.15) is 0 Å². The molecular formula is C18H15N. The number of benzene rings is 3. The number of hydrogen-bond donors (Lipinski definition) is 1. The molecule has 19 heavy (non-hydrogen) atoms. The zero-order valence-electron chi connectivity index (χ0n) is 10.6. The smallest absolute Gasteiger partial charge is 0.0588 e. The van der Waals surface area contributed by atoms with Crippen molar-refractivity contribution in [3.8, 4) is 0 Å². The summed E-state index contributed by atoms with van der Waals surface area (Å²) in [5.41, 5.74) is 4.21. The summed E-state index contributed by atoms with van der Waals surface area (Å²) in [5, 5.41) is 6.29. The Hall–Kier alpha value is -2.12. The lowest BCUT2D eigenvalue weighted by Crippen LogP contribution is -2.13. The zero-order valence-corrected chi connectivity index (χ0v) is 10.6. The lowest BCUT2D eigenvalue weighted by atomic mass is 9.94. The summed E-state index contributed by atoms with van der Waals surface area (Å²) >= 11 is 0. The van der Waals surface area contributed by atoms with E-state index in [9.17, 15) is 0 Å². The van der Waals surface area contributed by atoms with Crippen molar-refractivity contribution in [1.82, 2.24) is 5.32 Å². The van der Waals surface area contributed by atoms with E-state index in [1.54, 1.807) is 0 Å². The average molecular weight is 245 g/mol. The Kier molecular flexibility index (Phi) is 2.39. The molecule has 0 bridgehead atoms. The number of nitrogens with one attached hydrogen (secondary N) is 1. The van der Waals surface area contributed by atoms with Crippen LogP contribution in [0.2, 0.25) is 0 Å². The van der Waals surface area contributed by atoms with Crippen LogP contribution in [0.5, 0.6) is 0 Å². The van der Waals surface area contributed by atoms with E-state index in [0.29, 0.717) is 6.04 Å². The first-order valence-corrected chi connectivity index (χ1v) is 6.72. The van der Waals surface area contributed by atoms with Crippen molar-refractivity contribution in [1.29, 1.82) is 0 Å². The van der Waals surface area contributed by atoms with E-state index in [2.05, 4.69) is 72.0 Å². The Morgan fingerprint density at radius 2 is 1.47 bits per heavy atom. The maximum Gasteiger partial charge on any atom is 0.0588 e. The van der Waals surface area contributed by atoms with Gasteiger partial charge in [-0.3, -0.25) is 0 Å². The monoisotopic (exact) mass is 245 g/mol. The fourth-order valence-electron chi connectivity index (χ4n) is 3.08. The second-order valence-corrected chi connectivity index (χ2v) is 5.08. The predicted octanol–water partition coefficient (Wildman–Crippen LogP) is 4.03. The minimum absolute atomic E-state index is 0.322. The molecule has 0 radical (unpaired) electrons. The van der Waals surface area contributed by atoms with Gasteiger partial charge in [0.25, 0.3) is 0 Å². The van der Waals surface area contributed by atoms with Crippen LogP contribution >= 0.6 is 0 Å². The Morgan fingerprint density at radius 1 is 0.737 bits per heavy atom. The molecule has 3 aromatic rings. The summed E-state index contributed by atoms with van der Waals surface area (Å²) in [6.07, 6.45) is 0. The first-order chi connectivity index (χ1) is 9.43. The first kappa shape index (κ1) is 10.8. The average Bonchev–Trinajstić information content (AvgIpc) is 2.90. The molecule has 0 saturated heterocycles. The summed E-state index contributed by atoms with van der Waals surface area (Å²) in [5.74, 6) is 0. The van der Waals surface area contributed by atoms with Crippen LogP contribution in [0, 0.1) is 0 Å². The number of rotatable bonds is 1. The Bertz CT molecular complexity index is 740. The van der Waals surface area contributed by atoms with Crippen LogP contribution in [0.1, 0.15) is 22.7 Å². The molecule has 1 heteroatoms. The first-order valence-electron chi connectivity index (χ1n) is 6.72. The third kappa shape index (κ3) is 1.66. The number of fused-ring (bicyclic) bond motifs is 2. The van der Waals surface area contributed by atoms with Gasteiger partial charge in [0, 0.05) is 6.54 Å². The highest BCUT2D eigenvalue weighted by molar-refractivity contribution is 5.86. The lowest BCUT2D eigenvalue weighted by molar-refractivity contribution is 0.671. The molecule has 0 aliphatic carbocycles. The Balaban J connectivity index is 1.93. The van der Waals surface area contributed by atoms with Gasteiger partial charge in [0.15, 0.2) is 0 Å². The van der Waals surface area contributed by atoms with Crippen LogP contribution in [0.25, 0.3) is 10.8 Å². The highest BCUT2D eigenvalue weighted by Crippen LogP contribution is 2.34. The normalized spacial score (nSPS) is 17.6. The second-order valence-electron chi connectivity index (χ2n) is 5.08. The van der Waals surface area contributed by atoms with Crippen molar-refractivity contribution >= 4 is 10.8 Å². The molecule has 0 fully saturated rings. The number of hydrogen-bond acceptors (Lipinski definition) is 1. The van der Waals surface area contributed by atoms with Gasteiger partial charge in [0.05, 0.1) is 6.04 Å². The van der Waals surface area contributed by atoms with Crippen molar-refractivity contribution in [2.45, 2.75) is 12.6 Å². The summed E-state index contributed by atoms with van der Waals surface area (Å²) in [4.78, 5) is 0. The minimum atomic E-state index is 0.322. The van der Waals surface area contributed by atoms with Crippen molar-refractivity contribution in [2.24, 2.45) is 0 Å². The van der Waals surface area contributed by atoms with Crippen LogP contribution in [0.4, 0.5) is 0 Å². The second kappa shape index (κ2) is 4.22. The summed E-state index contributed by atoms with van der Waals surface area (Å²) < 4.78 is 0. The maximum atomic E-state index is 3.63. The molecule has 1 unspecified atom stereocenters. The predicted molar refractivity (Wildman–Crippen MR) is 79.1 cm³/mol. The van der Waals surface area contributed by atoms with Crippen LogP contribution in [-0.2, 0) is 6.54 Å². The topological polar surface area (TPSA) is 12.0 Å². The molecule has 1 N–H and O–H groups in total. The zero-order chi connectivity index (χ0) is 12.7. The summed E-state index contributed by atoms with van der Waals surface area (Å²) in [6.45, 7) is 0.962. The molecule has 0 amide bonds. The van der Waals surface area contributed by atoms with Gasteiger partial charge in [0.1, 0.15) is 0 Å². The van der Waals surface area contributed by atoms with Crippen LogP contribution in [0.3, 0.4) is 0 Å². The van der Waals surface area contributed by atoms with Crippen LogP contribution in [-0.4, -0.2) is 0 Å². The van der Waals surface area contributed by atoms with E-state index in [4.69, 9.17) is 0 Å². The fourth-order valence-corrected chi connectivity index (χ4v) is 3.08. The van der Waals surface area contributed by atoms with E-state index in [1.165, 1.54) is 27.5 Å². The fraction of sp³-hybridized carbons (Fsp3) is 0.111. The van der Waals surface area contributed by atoms with Gasteiger partial charge in [-0.1, -0.05) is 66.7 Å². The molecule has 1 heterocycles. The lowest BCUT2D eigenvalue weighted by Gasteiger charge is -2.15. The standard InChI is InChI=1S/C18H15N/c1-3-9-15-13(6-1)8-5-11-17(15)18-16-10-4-2-7-14(16)12-19-18/h1-11,18-19H,12H2. The van der Waals surface area contributed by atoms with E-state index in [0.717, 1.165) is 6.54 Å². The quantitative estimate of drug-likeness (QED) is 0.682. The molecule has 0 aromatic heterocycles. The summed E-state index contributed by atoms with van der Waals surface area (Å²) in [6, 6.07) is 24.2. The molecule has 0 saturated carbocycles. The van der Waals surface area contributed by atoms with Crippen molar-refractivity contribution in [3.05, 3.63) is 83.4 Å². The van der Waals surface area contributed by atoms with Crippen LogP contribution < -0.4 is 5.32 Å².